The molecule has 0 aliphatic rings. The van der Waals surface area contributed by atoms with Crippen LogP contribution >= 0.6 is 15.9 Å². The Kier molecular flexibility index (Phi) is 4.46. The van der Waals surface area contributed by atoms with E-state index in [-0.39, 0.29) is 6.61 Å². The molecule has 0 saturated carbocycles. The van der Waals surface area contributed by atoms with Gasteiger partial charge < -0.3 is 5.11 Å². The lowest BCUT2D eigenvalue weighted by Crippen LogP contribution is -1.99. The molecule has 13 heavy (non-hydrogen) atoms. The second-order valence-corrected chi connectivity index (χ2v) is 4.09. The fraction of sp³-hybridized carbons (Fsp3) is 0.455. The molecule has 0 fully saturated rings. The number of aliphatic hydroxyl groups excluding tert-OH is 1. The third-order valence-electron chi connectivity index (χ3n) is 2.29. The molecule has 1 atom stereocenters. The number of rotatable bonds is 4. The van der Waals surface area contributed by atoms with Gasteiger partial charge in [-0.05, 0) is 36.5 Å². The van der Waals surface area contributed by atoms with Gasteiger partial charge in [0, 0.05) is 11.1 Å². The maximum atomic E-state index is 8.89. The molecule has 0 aromatic heterocycles. The molecule has 1 aromatic rings. The Hall–Kier alpha value is -0.340. The highest BCUT2D eigenvalue weighted by atomic mass is 79.9. The van der Waals surface area contributed by atoms with Crippen molar-refractivity contribution in [3.63, 3.8) is 0 Å². The summed E-state index contributed by atoms with van der Waals surface area (Å²) in [5, 5.41) is 8.89. The van der Waals surface area contributed by atoms with Crippen molar-refractivity contribution in [3.05, 3.63) is 34.3 Å². The van der Waals surface area contributed by atoms with Gasteiger partial charge in [0.05, 0.1) is 0 Å². The van der Waals surface area contributed by atoms with E-state index in [4.69, 9.17) is 5.11 Å². The molecule has 1 aromatic carbocycles. The first-order valence-corrected chi connectivity index (χ1v) is 5.43. The van der Waals surface area contributed by atoms with Crippen LogP contribution in [0.2, 0.25) is 0 Å². The van der Waals surface area contributed by atoms with E-state index in [1.54, 1.807) is 0 Å². The maximum absolute atomic E-state index is 8.89. The van der Waals surface area contributed by atoms with Crippen LogP contribution in [0.5, 0.6) is 0 Å². The fourth-order valence-electron chi connectivity index (χ4n) is 1.52. The van der Waals surface area contributed by atoms with Gasteiger partial charge in [-0.3, -0.25) is 0 Å². The van der Waals surface area contributed by atoms with E-state index in [9.17, 15) is 0 Å². The molecule has 1 nitrogen and oxygen atoms in total. The summed E-state index contributed by atoms with van der Waals surface area (Å²) < 4.78 is 1.11. The molecule has 1 rings (SSSR count). The van der Waals surface area contributed by atoms with Crippen LogP contribution in [0.3, 0.4) is 0 Å². The van der Waals surface area contributed by atoms with Crippen molar-refractivity contribution in [2.45, 2.75) is 25.7 Å². The predicted molar refractivity (Wildman–Crippen MR) is 58.9 cm³/mol. The molecule has 0 heterocycles. The molecular weight excluding hydrogens is 228 g/mol. The van der Waals surface area contributed by atoms with E-state index in [1.807, 2.05) is 12.1 Å². The van der Waals surface area contributed by atoms with Crippen LogP contribution in [-0.4, -0.2) is 11.7 Å². The highest BCUT2D eigenvalue weighted by molar-refractivity contribution is 9.10. The summed E-state index contributed by atoms with van der Waals surface area (Å²) >= 11 is 3.45. The molecule has 1 unspecified atom stereocenters. The molecule has 0 aliphatic heterocycles. The van der Waals surface area contributed by atoms with Crippen molar-refractivity contribution in [2.24, 2.45) is 0 Å². The molecule has 0 saturated heterocycles. The van der Waals surface area contributed by atoms with E-state index in [2.05, 4.69) is 35.0 Å². The molecule has 0 bridgehead atoms. The van der Waals surface area contributed by atoms with Gasteiger partial charge >= 0.3 is 0 Å². The van der Waals surface area contributed by atoms with Crippen molar-refractivity contribution in [3.8, 4) is 0 Å². The van der Waals surface area contributed by atoms with Gasteiger partial charge in [-0.1, -0.05) is 35.0 Å². The molecule has 0 spiro atoms. The Morgan fingerprint density at radius 3 is 2.77 bits per heavy atom. The highest BCUT2D eigenvalue weighted by Gasteiger charge is 2.08. The normalized spacial score (nSPS) is 12.8. The van der Waals surface area contributed by atoms with Crippen molar-refractivity contribution in [2.75, 3.05) is 6.61 Å². The zero-order valence-corrected chi connectivity index (χ0v) is 9.42. The number of halogens is 1. The number of hydrogen-bond acceptors (Lipinski definition) is 1. The van der Waals surface area contributed by atoms with Gasteiger partial charge in [-0.15, -0.1) is 0 Å². The Labute approximate surface area is 87.9 Å². The zero-order valence-electron chi connectivity index (χ0n) is 7.83. The molecule has 1 N–H and O–H groups in total. The van der Waals surface area contributed by atoms with Gasteiger partial charge in [0.1, 0.15) is 0 Å². The van der Waals surface area contributed by atoms with E-state index in [1.165, 1.54) is 5.56 Å². The molecular formula is C11H15BrO. The summed E-state index contributed by atoms with van der Waals surface area (Å²) in [4.78, 5) is 0. The Morgan fingerprint density at radius 1 is 1.46 bits per heavy atom. The van der Waals surface area contributed by atoms with Gasteiger partial charge in [-0.25, -0.2) is 0 Å². The Bertz CT molecular complexity index is 260. The van der Waals surface area contributed by atoms with Gasteiger partial charge in [0.15, 0.2) is 0 Å². The average molecular weight is 243 g/mol. The first kappa shape index (κ1) is 10.7. The van der Waals surface area contributed by atoms with E-state index < -0.39 is 0 Å². The van der Waals surface area contributed by atoms with Crippen LogP contribution in [0.4, 0.5) is 0 Å². The van der Waals surface area contributed by atoms with Crippen LogP contribution in [0.1, 0.15) is 31.2 Å². The van der Waals surface area contributed by atoms with Gasteiger partial charge in [0.25, 0.3) is 0 Å². The zero-order chi connectivity index (χ0) is 9.68. The van der Waals surface area contributed by atoms with E-state index in [0.717, 1.165) is 17.3 Å². The van der Waals surface area contributed by atoms with Crippen LogP contribution in [-0.2, 0) is 0 Å². The third kappa shape index (κ3) is 3.12. The van der Waals surface area contributed by atoms with E-state index >= 15 is 0 Å². The highest BCUT2D eigenvalue weighted by Crippen LogP contribution is 2.25. The smallest absolute Gasteiger partial charge is 0.0436 e. The molecule has 0 amide bonds. The topological polar surface area (TPSA) is 20.2 Å². The largest absolute Gasteiger partial charge is 0.396 e. The summed E-state index contributed by atoms with van der Waals surface area (Å²) in [6.07, 6.45) is 1.93. The summed E-state index contributed by atoms with van der Waals surface area (Å²) in [6, 6.07) is 8.31. The van der Waals surface area contributed by atoms with Crippen LogP contribution < -0.4 is 0 Å². The average Bonchev–Trinajstić information content (AvgIpc) is 2.14. The third-order valence-corrected chi connectivity index (χ3v) is 2.78. The second-order valence-electron chi connectivity index (χ2n) is 3.17. The minimum absolute atomic E-state index is 0.269. The number of benzene rings is 1. The Morgan fingerprint density at radius 2 is 2.23 bits per heavy atom. The number of aliphatic hydroxyl groups is 1. The van der Waals surface area contributed by atoms with Crippen molar-refractivity contribution < 1.29 is 5.11 Å². The second kappa shape index (κ2) is 5.40. The van der Waals surface area contributed by atoms with Crippen LogP contribution in [0.15, 0.2) is 28.7 Å². The predicted octanol–water partition coefficient (Wildman–Crippen LogP) is 3.33. The summed E-state index contributed by atoms with van der Waals surface area (Å²) in [7, 11) is 0. The number of hydrogen-bond donors (Lipinski definition) is 1. The standard InChI is InChI=1S/C11H15BrO/c1-2-9(6-7-13)10-4-3-5-11(12)8-10/h3-5,8-9,13H,2,6-7H2,1H3. The van der Waals surface area contributed by atoms with Crippen molar-refractivity contribution in [1.29, 1.82) is 0 Å². The van der Waals surface area contributed by atoms with Gasteiger partial charge in [-0.2, -0.15) is 0 Å². The summed E-state index contributed by atoms with van der Waals surface area (Å²) in [6.45, 7) is 2.42. The molecule has 2 heteroatoms. The minimum atomic E-state index is 0.269. The monoisotopic (exact) mass is 242 g/mol. The molecule has 0 radical (unpaired) electrons. The first-order valence-electron chi connectivity index (χ1n) is 4.64. The summed E-state index contributed by atoms with van der Waals surface area (Å²) in [5.74, 6) is 0.488. The van der Waals surface area contributed by atoms with Crippen molar-refractivity contribution >= 4 is 15.9 Å². The molecule has 0 aliphatic carbocycles. The van der Waals surface area contributed by atoms with Crippen LogP contribution in [0, 0.1) is 0 Å². The van der Waals surface area contributed by atoms with Crippen LogP contribution in [0.25, 0.3) is 0 Å². The SMILES string of the molecule is CCC(CCO)c1cccc(Br)c1. The molecule has 72 valence electrons. The lowest BCUT2D eigenvalue weighted by molar-refractivity contribution is 0.274. The quantitative estimate of drug-likeness (QED) is 0.859. The lowest BCUT2D eigenvalue weighted by Gasteiger charge is -2.13. The maximum Gasteiger partial charge on any atom is 0.0436 e. The van der Waals surface area contributed by atoms with E-state index in [0.29, 0.717) is 5.92 Å². The minimum Gasteiger partial charge on any atom is -0.396 e. The lowest BCUT2D eigenvalue weighted by atomic mass is 9.94. The fourth-order valence-corrected chi connectivity index (χ4v) is 1.94. The summed E-state index contributed by atoms with van der Waals surface area (Å²) in [5.41, 5.74) is 1.31. The first-order chi connectivity index (χ1) is 6.27. The van der Waals surface area contributed by atoms with Crippen molar-refractivity contribution in [1.82, 2.24) is 0 Å². The van der Waals surface area contributed by atoms with Gasteiger partial charge in [0.2, 0.25) is 0 Å². The Balaban J connectivity index is 2.78.